The summed E-state index contributed by atoms with van der Waals surface area (Å²) >= 11 is 1.68. The summed E-state index contributed by atoms with van der Waals surface area (Å²) < 4.78 is 14.7. The van der Waals surface area contributed by atoms with E-state index in [1.807, 2.05) is 112 Å². The molecule has 626 valence electrons. The molecular weight excluding hydrogens is 1430 g/mol. The normalized spacial score (nSPS) is 10.4. The van der Waals surface area contributed by atoms with Gasteiger partial charge in [-0.3, -0.25) is 44.7 Å². The highest BCUT2D eigenvalue weighted by atomic mass is 32.2. The summed E-state index contributed by atoms with van der Waals surface area (Å²) in [5.74, 6) is 2.76. The number of amidine groups is 2. The van der Waals surface area contributed by atoms with Crippen molar-refractivity contribution in [2.45, 2.75) is 232 Å². The van der Waals surface area contributed by atoms with Gasteiger partial charge in [0.15, 0.2) is 42.2 Å². The van der Waals surface area contributed by atoms with Gasteiger partial charge >= 0.3 is 0 Å². The number of oxime groups is 2. The summed E-state index contributed by atoms with van der Waals surface area (Å²) in [6.07, 6.45) is 11.5. The minimum absolute atomic E-state index is 0.0139. The van der Waals surface area contributed by atoms with Crippen LogP contribution in [0, 0.1) is 55.4 Å². The predicted octanol–water partition coefficient (Wildman–Crippen LogP) is 18.5. The molecule has 0 spiro atoms. The number of Topliss-reactive ketones (excluding diaryl/α,β-unsaturated/α-hetero) is 7. The van der Waals surface area contributed by atoms with Crippen LogP contribution in [0.25, 0.3) is 0 Å². The first-order valence-electron chi connectivity index (χ1n) is 36.8. The van der Waals surface area contributed by atoms with Gasteiger partial charge in [-0.25, -0.2) is 20.0 Å². The number of ether oxygens (including phenoxy) is 3. The Bertz CT molecular complexity index is 3290. The Kier molecular flexibility index (Phi) is 78.9. The number of rotatable bonds is 28. The second-order valence-electron chi connectivity index (χ2n) is 25.8. The number of benzene rings is 4. The maximum absolute atomic E-state index is 10.5. The standard InChI is InChI=1S/C11H15NO.C11H15NS.C10H14N2O.C10H14N2.C7H14N2O.C7H14O.C6H12N2O.C6H11NO2.2C6H12O2.C5H9NO2/c2*1-8-5-6-9(2)11(7-8)12-10(3)13-4;1-7-4-5-8(2)10(6-7)11-9(3)12-13;1-7-4-5-8(2)10(6-7)12-9(3)11;1-6(2)8-9(4)5-7(3)10;1-3-4-5-6-7(2)8;1-4-7-8(3)5-6(2)9;1-5(2)7-9-4-6(3)8;1-6(7)4-3-5-8-2;1-3-8-5-4-6(2)7;1-3-6-8-4-5(2)7/h2*5-7H,1-4H3;4-6,13H,1-3H3,(H,11,12);4-6H,1-3H3,(H2,11,12);5H2,1-4H3;3-6H2,1-2H3;4H,5H2,1-3H3;4H2,1-3H3;2*3-5H2,1-2H3;3H,4H2,1-2H3/b;;;;;;7-4+;;;;6-3+. The van der Waals surface area contributed by atoms with Crippen LogP contribution >= 0.6 is 11.8 Å². The highest BCUT2D eigenvalue weighted by Gasteiger charge is 2.03. The van der Waals surface area contributed by atoms with E-state index in [1.165, 1.54) is 60.7 Å². The number of carbonyl (C=O) groups excluding carboxylic acids is 7. The van der Waals surface area contributed by atoms with E-state index in [1.54, 1.807) is 126 Å². The van der Waals surface area contributed by atoms with Gasteiger partial charge in [0, 0.05) is 78.7 Å². The number of unbranched alkanes of at least 4 members (excludes halogenated alkanes) is 2. The SMILES string of the molecule is C/C=N/N(C)CC(C)=O.C/C=N/OCC(C)=O.CC(=Nc1cc(C)ccc1C)NO.CC(=O)CN(C)N=C(C)C.CC(=O)CON=C(C)C.CC(N)=Nc1cc(C)ccc1C.CCCCCC(C)=O.CCOCCC(C)=O.COC(C)=Nc1cc(C)ccc1C.COCCCC(C)=O.CSC(C)=Nc1cc(C)ccc1C. The van der Waals surface area contributed by atoms with Crippen molar-refractivity contribution in [3.63, 3.8) is 0 Å². The number of thioether (sulfide) groups is 1. The van der Waals surface area contributed by atoms with E-state index in [0.29, 0.717) is 69.1 Å². The number of likely N-dealkylation sites (N-methyl/N-ethyl adjacent to an activating group) is 2. The van der Waals surface area contributed by atoms with Crippen LogP contribution in [-0.2, 0) is 57.4 Å². The number of hydrogen-bond donors (Lipinski definition) is 3. The van der Waals surface area contributed by atoms with Crippen LogP contribution in [0.15, 0.2) is 113 Å². The maximum atomic E-state index is 10.5. The minimum Gasteiger partial charge on any atom is -0.484 e. The molecule has 0 aliphatic heterocycles. The van der Waals surface area contributed by atoms with Crippen molar-refractivity contribution in [2.24, 2.45) is 46.2 Å². The lowest BCUT2D eigenvalue weighted by molar-refractivity contribution is -0.122. The molecule has 0 saturated carbocycles. The zero-order valence-electron chi connectivity index (χ0n) is 73.8. The molecule has 4 N–H and O–H groups in total. The number of ketones is 7. The van der Waals surface area contributed by atoms with Gasteiger partial charge in [0.1, 0.15) is 23.2 Å². The van der Waals surface area contributed by atoms with Crippen molar-refractivity contribution < 1.29 is 62.7 Å². The number of hydrazone groups is 2. The Morgan fingerprint density at radius 3 is 1.23 bits per heavy atom. The molecular formula is C85H142N12O13S. The number of hydroxylamine groups is 1. The van der Waals surface area contributed by atoms with E-state index < -0.39 is 0 Å². The van der Waals surface area contributed by atoms with Crippen LogP contribution in [0.4, 0.5) is 22.7 Å². The molecule has 0 fully saturated rings. The number of nitrogens with two attached hydrogens (primary N) is 1. The summed E-state index contributed by atoms with van der Waals surface area (Å²) in [6.45, 7) is 52.5. The topological polar surface area (TPSA) is 329 Å². The van der Waals surface area contributed by atoms with E-state index in [-0.39, 0.29) is 47.9 Å². The fraction of sp³-hybridized carbons (Fsp3) is 0.541. The highest BCUT2D eigenvalue weighted by molar-refractivity contribution is 8.13. The first-order valence-corrected chi connectivity index (χ1v) is 38.0. The van der Waals surface area contributed by atoms with Gasteiger partial charge in [0.2, 0.25) is 0 Å². The molecule has 111 heavy (non-hydrogen) atoms. The first-order chi connectivity index (χ1) is 51.9. The largest absolute Gasteiger partial charge is 0.484 e. The van der Waals surface area contributed by atoms with Crippen molar-refractivity contribution in [3.05, 3.63) is 117 Å². The number of nitrogens with one attached hydrogen (secondary N) is 1. The fourth-order valence-corrected chi connectivity index (χ4v) is 7.54. The average Bonchev–Trinajstić information content (AvgIpc) is 0.903. The van der Waals surface area contributed by atoms with Gasteiger partial charge in [-0.2, -0.15) is 10.2 Å². The lowest BCUT2D eigenvalue weighted by atomic mass is 10.1. The molecule has 4 aromatic rings. The second-order valence-corrected chi connectivity index (χ2v) is 26.8. The Hall–Kier alpha value is -9.24. The molecule has 0 heterocycles. The van der Waals surface area contributed by atoms with Crippen molar-refractivity contribution in [2.75, 3.05) is 80.7 Å². The highest BCUT2D eigenvalue weighted by Crippen LogP contribution is 2.23. The number of nitrogens with zero attached hydrogens (tertiary/aromatic N) is 10. The molecule has 0 aliphatic rings. The Balaban J connectivity index is -0.000000216. The molecule has 4 aromatic carbocycles. The molecule has 0 unspecified atom stereocenters. The smallest absolute Gasteiger partial charge is 0.184 e. The van der Waals surface area contributed by atoms with Crippen molar-refractivity contribution in [1.29, 1.82) is 0 Å². The second kappa shape index (κ2) is 76.1. The minimum atomic E-state index is -0.0180. The first kappa shape index (κ1) is 115. The summed E-state index contributed by atoms with van der Waals surface area (Å²) in [5, 5.41) is 27.7. The van der Waals surface area contributed by atoms with Gasteiger partial charge in [0.05, 0.1) is 66.1 Å². The third kappa shape index (κ3) is 87.9. The van der Waals surface area contributed by atoms with E-state index in [4.69, 9.17) is 25.2 Å². The van der Waals surface area contributed by atoms with Crippen molar-refractivity contribution in [1.82, 2.24) is 15.5 Å². The fourth-order valence-electron chi connectivity index (χ4n) is 7.35. The zero-order valence-corrected chi connectivity index (χ0v) is 74.6. The molecule has 0 aliphatic carbocycles. The lowest BCUT2D eigenvalue weighted by Gasteiger charge is -2.10. The maximum Gasteiger partial charge on any atom is 0.184 e. The zero-order chi connectivity index (χ0) is 87.0. The van der Waals surface area contributed by atoms with E-state index >= 15 is 0 Å². The average molecular weight is 1570 g/mol. The number of aryl methyl sites for hydroxylation is 8. The molecule has 0 atom stereocenters. The molecule has 0 aromatic heterocycles. The third-order valence-corrected chi connectivity index (χ3v) is 13.4. The number of aliphatic imine (C=N–C) groups is 4. The molecule has 0 bridgehead atoms. The Morgan fingerprint density at radius 2 is 0.901 bits per heavy atom. The van der Waals surface area contributed by atoms with Crippen LogP contribution in [0.5, 0.6) is 0 Å². The summed E-state index contributed by atoms with van der Waals surface area (Å²) in [7, 11) is 6.82. The van der Waals surface area contributed by atoms with Gasteiger partial charge in [-0.1, -0.05) is 78.6 Å². The number of carbonyl (C=O) groups is 7. The monoisotopic (exact) mass is 1570 g/mol. The van der Waals surface area contributed by atoms with E-state index in [2.05, 4.69) is 126 Å². The van der Waals surface area contributed by atoms with Crippen LogP contribution in [0.3, 0.4) is 0 Å². The molecule has 25 nitrogen and oxygen atoms in total. The van der Waals surface area contributed by atoms with Crippen molar-refractivity contribution >= 4 is 121 Å². The molecule has 26 heteroatoms. The van der Waals surface area contributed by atoms with E-state index in [0.717, 1.165) is 75.2 Å². The molecule has 0 amide bonds. The number of methoxy groups -OCH3 is 2. The van der Waals surface area contributed by atoms with Gasteiger partial charge in [0.25, 0.3) is 0 Å². The number of hydrogen-bond acceptors (Lipinski definition) is 24. The lowest BCUT2D eigenvalue weighted by Crippen LogP contribution is -2.19. The summed E-state index contributed by atoms with van der Waals surface area (Å²) in [4.78, 5) is 98.4. The molecule has 0 radical (unpaired) electrons. The van der Waals surface area contributed by atoms with Crippen LogP contribution in [0.1, 0.15) is 221 Å². The Morgan fingerprint density at radius 1 is 0.495 bits per heavy atom. The van der Waals surface area contributed by atoms with E-state index in [9.17, 15) is 33.6 Å². The predicted molar refractivity (Wildman–Crippen MR) is 469 cm³/mol. The van der Waals surface area contributed by atoms with Gasteiger partial charge < -0.3 is 39.2 Å². The van der Waals surface area contributed by atoms with Gasteiger partial charge in [-0.05, 0) is 261 Å². The molecule has 4 rings (SSSR count). The van der Waals surface area contributed by atoms with Crippen LogP contribution in [0.2, 0.25) is 0 Å². The molecule has 0 saturated heterocycles. The van der Waals surface area contributed by atoms with Crippen molar-refractivity contribution in [3.8, 4) is 0 Å². The third-order valence-electron chi connectivity index (χ3n) is 12.7. The summed E-state index contributed by atoms with van der Waals surface area (Å²) in [6, 6.07) is 24.7. The summed E-state index contributed by atoms with van der Waals surface area (Å²) in [5.41, 5.74) is 22.7. The van der Waals surface area contributed by atoms with Crippen LogP contribution < -0.4 is 11.2 Å². The Labute approximate surface area is 672 Å². The van der Waals surface area contributed by atoms with Crippen LogP contribution in [-0.4, -0.2) is 183 Å². The van der Waals surface area contributed by atoms with Gasteiger partial charge in [-0.15, -0.1) is 11.8 Å². The quantitative estimate of drug-likeness (QED) is 0.0206.